The Bertz CT molecular complexity index is 929. The number of nitrogens with zero attached hydrogens (tertiary/aromatic N) is 3. The van der Waals surface area contributed by atoms with Crippen molar-refractivity contribution in [1.29, 1.82) is 5.26 Å². The first-order valence-electron chi connectivity index (χ1n) is 6.94. The summed E-state index contributed by atoms with van der Waals surface area (Å²) in [6, 6.07) is 17.1. The number of benzene rings is 2. The van der Waals surface area contributed by atoms with E-state index >= 15 is 0 Å². The molecule has 4 nitrogen and oxygen atoms in total. The molecule has 0 amide bonds. The molecule has 0 saturated carbocycles. The Morgan fingerprint density at radius 1 is 1.18 bits per heavy atom. The number of aromatic nitrogens is 2. The first kappa shape index (κ1) is 13.9. The second-order valence-electron chi connectivity index (χ2n) is 5.19. The summed E-state index contributed by atoms with van der Waals surface area (Å²) in [6.45, 7) is 1.94. The number of hydrogen-bond donors (Lipinski definition) is 1. The van der Waals surface area contributed by atoms with Gasteiger partial charge in [-0.25, -0.2) is 4.98 Å². The Labute approximate surface area is 128 Å². The standard InChI is InChI=1S/C18H15N3O/c1-12-6-5-7-13(10-12)17(22)14(11-19)18-20-15-8-3-4-9-16(15)21(18)2/h3-10,22H,1-2H3/b17-14-. The van der Waals surface area contributed by atoms with Crippen molar-refractivity contribution in [2.45, 2.75) is 6.92 Å². The zero-order chi connectivity index (χ0) is 15.7. The molecule has 0 aliphatic heterocycles. The summed E-state index contributed by atoms with van der Waals surface area (Å²) in [7, 11) is 1.84. The number of aliphatic hydroxyl groups excluding tert-OH is 1. The maximum absolute atomic E-state index is 10.5. The normalized spacial score (nSPS) is 12.0. The molecule has 22 heavy (non-hydrogen) atoms. The molecule has 0 fully saturated rings. The highest BCUT2D eigenvalue weighted by molar-refractivity contribution is 5.94. The molecular weight excluding hydrogens is 274 g/mol. The summed E-state index contributed by atoms with van der Waals surface area (Å²) < 4.78 is 1.82. The number of fused-ring (bicyclic) bond motifs is 1. The summed E-state index contributed by atoms with van der Waals surface area (Å²) in [5.74, 6) is 0.410. The zero-order valence-electron chi connectivity index (χ0n) is 12.4. The van der Waals surface area contributed by atoms with Crippen molar-refractivity contribution in [3.8, 4) is 6.07 Å². The Morgan fingerprint density at radius 2 is 1.95 bits per heavy atom. The topological polar surface area (TPSA) is 61.8 Å². The van der Waals surface area contributed by atoms with Crippen LogP contribution >= 0.6 is 0 Å². The van der Waals surface area contributed by atoms with Crippen LogP contribution in [0, 0.1) is 18.3 Å². The van der Waals surface area contributed by atoms with Crippen LogP contribution in [0.5, 0.6) is 0 Å². The molecule has 0 aliphatic rings. The van der Waals surface area contributed by atoms with E-state index in [1.807, 2.05) is 61.0 Å². The zero-order valence-corrected chi connectivity index (χ0v) is 12.4. The van der Waals surface area contributed by atoms with Gasteiger partial charge in [-0.15, -0.1) is 0 Å². The first-order chi connectivity index (χ1) is 10.6. The van der Waals surface area contributed by atoms with Crippen LogP contribution in [-0.2, 0) is 7.05 Å². The van der Waals surface area contributed by atoms with E-state index in [-0.39, 0.29) is 11.3 Å². The molecule has 0 unspecified atom stereocenters. The van der Waals surface area contributed by atoms with Crippen LogP contribution in [0.1, 0.15) is 17.0 Å². The van der Waals surface area contributed by atoms with E-state index in [9.17, 15) is 10.4 Å². The maximum atomic E-state index is 10.5. The highest BCUT2D eigenvalue weighted by atomic mass is 16.3. The number of hydrogen-bond acceptors (Lipinski definition) is 3. The molecule has 0 aliphatic carbocycles. The molecule has 1 heterocycles. The summed E-state index contributed by atoms with van der Waals surface area (Å²) in [5, 5.41) is 20.0. The van der Waals surface area contributed by atoms with Gasteiger partial charge in [0.25, 0.3) is 0 Å². The molecule has 3 rings (SSSR count). The summed E-state index contributed by atoms with van der Waals surface area (Å²) in [5.41, 5.74) is 3.52. The minimum Gasteiger partial charge on any atom is -0.506 e. The second kappa shape index (κ2) is 5.38. The van der Waals surface area contributed by atoms with Gasteiger partial charge in [-0.3, -0.25) is 0 Å². The van der Waals surface area contributed by atoms with Crippen LogP contribution in [0.3, 0.4) is 0 Å². The van der Waals surface area contributed by atoms with Gasteiger partial charge in [-0.2, -0.15) is 5.26 Å². The smallest absolute Gasteiger partial charge is 0.155 e. The molecule has 1 aromatic heterocycles. The molecule has 0 bridgehead atoms. The highest BCUT2D eigenvalue weighted by Gasteiger charge is 2.17. The van der Waals surface area contributed by atoms with E-state index in [2.05, 4.69) is 11.1 Å². The molecule has 0 radical (unpaired) electrons. The molecule has 0 atom stereocenters. The van der Waals surface area contributed by atoms with Crippen molar-refractivity contribution in [1.82, 2.24) is 9.55 Å². The minimum absolute atomic E-state index is 0.0513. The number of allylic oxidation sites excluding steroid dienone is 1. The Hall–Kier alpha value is -3.06. The van der Waals surface area contributed by atoms with Crippen molar-refractivity contribution >= 4 is 22.4 Å². The second-order valence-corrected chi connectivity index (χ2v) is 5.19. The molecule has 4 heteroatoms. The minimum atomic E-state index is -0.0513. The van der Waals surface area contributed by atoms with E-state index in [4.69, 9.17) is 0 Å². The lowest BCUT2D eigenvalue weighted by atomic mass is 10.1. The van der Waals surface area contributed by atoms with Gasteiger partial charge in [0.15, 0.2) is 5.82 Å². The monoisotopic (exact) mass is 289 g/mol. The first-order valence-corrected chi connectivity index (χ1v) is 6.94. The lowest BCUT2D eigenvalue weighted by molar-refractivity contribution is 0.513. The molecule has 2 aromatic carbocycles. The molecule has 0 spiro atoms. The number of para-hydroxylation sites is 2. The lowest BCUT2D eigenvalue weighted by Gasteiger charge is -2.06. The molecular formula is C18H15N3O. The van der Waals surface area contributed by atoms with E-state index in [0.717, 1.165) is 16.6 Å². The molecule has 0 saturated heterocycles. The Morgan fingerprint density at radius 3 is 2.64 bits per heavy atom. The predicted molar refractivity (Wildman–Crippen MR) is 86.9 cm³/mol. The van der Waals surface area contributed by atoms with Crippen molar-refractivity contribution < 1.29 is 5.11 Å². The average Bonchev–Trinajstić information content (AvgIpc) is 2.85. The fourth-order valence-corrected chi connectivity index (χ4v) is 2.51. The Balaban J connectivity index is 2.24. The third kappa shape index (κ3) is 2.23. The highest BCUT2D eigenvalue weighted by Crippen LogP contribution is 2.26. The SMILES string of the molecule is Cc1cccc(/C(O)=C(\C#N)c2nc3ccccc3n2C)c1. The molecule has 108 valence electrons. The molecule has 3 aromatic rings. The fourth-order valence-electron chi connectivity index (χ4n) is 2.51. The number of aryl methyl sites for hydroxylation is 2. The van der Waals surface area contributed by atoms with Gasteiger partial charge in [0, 0.05) is 12.6 Å². The third-order valence-corrected chi connectivity index (χ3v) is 3.65. The number of nitriles is 1. The van der Waals surface area contributed by atoms with Crippen LogP contribution in [0.4, 0.5) is 0 Å². The largest absolute Gasteiger partial charge is 0.506 e. The van der Waals surface area contributed by atoms with E-state index in [1.165, 1.54) is 0 Å². The molecule has 1 N–H and O–H groups in total. The summed E-state index contributed by atoms with van der Waals surface area (Å²) in [4.78, 5) is 4.48. The van der Waals surface area contributed by atoms with Crippen LogP contribution < -0.4 is 0 Å². The van der Waals surface area contributed by atoms with Gasteiger partial charge < -0.3 is 9.67 Å². The predicted octanol–water partition coefficient (Wildman–Crippen LogP) is 3.83. The maximum Gasteiger partial charge on any atom is 0.155 e. The number of aliphatic hydroxyl groups is 1. The average molecular weight is 289 g/mol. The number of imidazole rings is 1. The van der Waals surface area contributed by atoms with Gasteiger partial charge >= 0.3 is 0 Å². The summed E-state index contributed by atoms with van der Waals surface area (Å²) >= 11 is 0. The van der Waals surface area contributed by atoms with Crippen molar-refractivity contribution in [3.63, 3.8) is 0 Å². The fraction of sp³-hybridized carbons (Fsp3) is 0.111. The van der Waals surface area contributed by atoms with Gasteiger partial charge in [0.1, 0.15) is 17.4 Å². The number of rotatable bonds is 2. The summed E-state index contributed by atoms with van der Waals surface area (Å²) in [6.07, 6.45) is 0. The van der Waals surface area contributed by atoms with Crippen LogP contribution in [0.2, 0.25) is 0 Å². The van der Waals surface area contributed by atoms with E-state index < -0.39 is 0 Å². The van der Waals surface area contributed by atoms with Crippen LogP contribution in [-0.4, -0.2) is 14.7 Å². The van der Waals surface area contributed by atoms with Crippen molar-refractivity contribution in [2.24, 2.45) is 7.05 Å². The lowest BCUT2D eigenvalue weighted by Crippen LogP contribution is -1.99. The van der Waals surface area contributed by atoms with Crippen LogP contribution in [0.15, 0.2) is 48.5 Å². The van der Waals surface area contributed by atoms with E-state index in [0.29, 0.717) is 11.4 Å². The van der Waals surface area contributed by atoms with Crippen molar-refractivity contribution in [2.75, 3.05) is 0 Å². The van der Waals surface area contributed by atoms with E-state index in [1.54, 1.807) is 6.07 Å². The van der Waals surface area contributed by atoms with Crippen molar-refractivity contribution in [3.05, 3.63) is 65.5 Å². The Kier molecular flexibility index (Phi) is 3.40. The van der Waals surface area contributed by atoms with Gasteiger partial charge in [0.05, 0.1) is 11.0 Å². The van der Waals surface area contributed by atoms with Crippen LogP contribution in [0.25, 0.3) is 22.4 Å². The van der Waals surface area contributed by atoms with Gasteiger partial charge in [-0.1, -0.05) is 35.9 Å². The quantitative estimate of drug-likeness (QED) is 0.576. The van der Waals surface area contributed by atoms with Gasteiger partial charge in [0.2, 0.25) is 0 Å². The van der Waals surface area contributed by atoms with Gasteiger partial charge in [-0.05, 0) is 25.1 Å². The third-order valence-electron chi connectivity index (χ3n) is 3.65.